The Bertz CT molecular complexity index is 928. The Labute approximate surface area is 136 Å². The lowest BCUT2D eigenvalue weighted by Gasteiger charge is -2.11. The van der Waals surface area contributed by atoms with Crippen LogP contribution in [0.2, 0.25) is 0 Å². The van der Waals surface area contributed by atoms with Crippen LogP contribution in [0.4, 0.5) is 0 Å². The Balaban J connectivity index is 2.09. The fraction of sp³-hybridized carbons (Fsp3) is 0.0526. The van der Waals surface area contributed by atoms with Crippen LogP contribution in [-0.2, 0) is 10.0 Å². The number of hydrogen-bond donors (Lipinski definition) is 1. The summed E-state index contributed by atoms with van der Waals surface area (Å²) in [6, 6.07) is 23.0. The predicted octanol–water partition coefficient (Wildman–Crippen LogP) is 3.98. The molecule has 0 heterocycles. The van der Waals surface area contributed by atoms with Gasteiger partial charge in [-0.3, -0.25) is 0 Å². The van der Waals surface area contributed by atoms with Crippen molar-refractivity contribution >= 4 is 10.0 Å². The zero-order chi connectivity index (χ0) is 16.4. The summed E-state index contributed by atoms with van der Waals surface area (Å²) in [4.78, 5) is 0.120. The van der Waals surface area contributed by atoms with E-state index in [4.69, 9.17) is 5.14 Å². The topological polar surface area (TPSA) is 60.2 Å². The van der Waals surface area contributed by atoms with Crippen LogP contribution in [-0.4, -0.2) is 8.42 Å². The summed E-state index contributed by atoms with van der Waals surface area (Å²) < 4.78 is 22.8. The fourth-order valence-corrected chi connectivity index (χ4v) is 3.06. The van der Waals surface area contributed by atoms with E-state index < -0.39 is 10.0 Å². The minimum absolute atomic E-state index is 0.120. The molecule has 3 rings (SSSR count). The molecule has 3 aromatic rings. The maximum Gasteiger partial charge on any atom is 0.238 e. The van der Waals surface area contributed by atoms with E-state index in [0.29, 0.717) is 0 Å². The van der Waals surface area contributed by atoms with Crippen molar-refractivity contribution in [3.05, 3.63) is 78.4 Å². The minimum Gasteiger partial charge on any atom is -0.225 e. The smallest absolute Gasteiger partial charge is 0.225 e. The number of primary sulfonamides is 1. The van der Waals surface area contributed by atoms with Gasteiger partial charge in [0.2, 0.25) is 10.0 Å². The van der Waals surface area contributed by atoms with Gasteiger partial charge in [-0.15, -0.1) is 0 Å². The Hall–Kier alpha value is -2.43. The standard InChI is InChI=1S/C19H17NO2S/c1-14-6-8-15(9-7-14)18-4-2-3-5-19(18)16-10-12-17(13-11-16)23(20,21)22/h2-13H,1H3,(H2,20,21,22). The highest BCUT2D eigenvalue weighted by molar-refractivity contribution is 7.89. The van der Waals surface area contributed by atoms with Crippen molar-refractivity contribution in [2.24, 2.45) is 5.14 Å². The first-order valence-corrected chi connectivity index (χ1v) is 8.79. The third kappa shape index (κ3) is 3.33. The van der Waals surface area contributed by atoms with Gasteiger partial charge in [0.15, 0.2) is 0 Å². The van der Waals surface area contributed by atoms with Crippen LogP contribution < -0.4 is 5.14 Å². The molecule has 4 heteroatoms. The van der Waals surface area contributed by atoms with Gasteiger partial charge >= 0.3 is 0 Å². The van der Waals surface area contributed by atoms with Gasteiger partial charge in [0.1, 0.15) is 0 Å². The molecular formula is C19H17NO2S. The van der Waals surface area contributed by atoms with Crippen molar-refractivity contribution in [2.75, 3.05) is 0 Å². The molecule has 3 aromatic carbocycles. The van der Waals surface area contributed by atoms with Gasteiger partial charge in [-0.05, 0) is 41.3 Å². The molecule has 0 spiro atoms. The van der Waals surface area contributed by atoms with Crippen LogP contribution in [0.5, 0.6) is 0 Å². The van der Waals surface area contributed by atoms with Crippen molar-refractivity contribution < 1.29 is 8.42 Å². The molecule has 0 aromatic heterocycles. The predicted molar refractivity (Wildman–Crippen MR) is 93.4 cm³/mol. The maximum atomic E-state index is 11.4. The second kappa shape index (κ2) is 5.99. The Morgan fingerprint density at radius 2 is 1.13 bits per heavy atom. The second-order valence-corrected chi connectivity index (χ2v) is 7.04. The van der Waals surface area contributed by atoms with E-state index in [1.807, 2.05) is 18.2 Å². The SMILES string of the molecule is Cc1ccc(-c2ccccc2-c2ccc(S(N)(=O)=O)cc2)cc1. The summed E-state index contributed by atoms with van der Waals surface area (Å²) in [5.41, 5.74) is 5.45. The lowest BCUT2D eigenvalue weighted by atomic mass is 9.94. The van der Waals surface area contributed by atoms with Crippen LogP contribution in [0, 0.1) is 6.92 Å². The van der Waals surface area contributed by atoms with E-state index in [1.165, 1.54) is 17.7 Å². The van der Waals surface area contributed by atoms with Crippen LogP contribution >= 0.6 is 0 Å². The van der Waals surface area contributed by atoms with E-state index in [9.17, 15) is 8.42 Å². The summed E-state index contributed by atoms with van der Waals surface area (Å²) in [5.74, 6) is 0. The highest BCUT2D eigenvalue weighted by Gasteiger charge is 2.10. The number of aryl methyl sites for hydroxylation is 1. The molecule has 116 valence electrons. The third-order valence-electron chi connectivity index (χ3n) is 3.78. The van der Waals surface area contributed by atoms with Gasteiger partial charge in [-0.2, -0.15) is 0 Å². The van der Waals surface area contributed by atoms with Crippen molar-refractivity contribution in [2.45, 2.75) is 11.8 Å². The van der Waals surface area contributed by atoms with Gasteiger partial charge in [0.25, 0.3) is 0 Å². The zero-order valence-electron chi connectivity index (χ0n) is 12.7. The highest BCUT2D eigenvalue weighted by Crippen LogP contribution is 2.32. The molecule has 0 atom stereocenters. The molecule has 0 aliphatic rings. The molecule has 0 aliphatic carbocycles. The Morgan fingerprint density at radius 1 is 0.696 bits per heavy atom. The molecule has 0 amide bonds. The summed E-state index contributed by atoms with van der Waals surface area (Å²) in [5, 5.41) is 5.15. The van der Waals surface area contributed by atoms with Crippen molar-refractivity contribution in [1.29, 1.82) is 0 Å². The quantitative estimate of drug-likeness (QED) is 0.792. The summed E-state index contributed by atoms with van der Waals surface area (Å²) in [6.45, 7) is 2.06. The van der Waals surface area contributed by atoms with Crippen molar-refractivity contribution in [3.8, 4) is 22.3 Å². The van der Waals surface area contributed by atoms with E-state index in [-0.39, 0.29) is 4.90 Å². The lowest BCUT2D eigenvalue weighted by Crippen LogP contribution is -2.11. The number of hydrogen-bond acceptors (Lipinski definition) is 2. The van der Waals surface area contributed by atoms with E-state index >= 15 is 0 Å². The first-order chi connectivity index (χ1) is 10.9. The molecule has 0 unspecified atom stereocenters. The number of rotatable bonds is 3. The molecule has 3 nitrogen and oxygen atoms in total. The molecule has 2 N–H and O–H groups in total. The summed E-state index contributed by atoms with van der Waals surface area (Å²) in [6.07, 6.45) is 0. The van der Waals surface area contributed by atoms with Crippen LogP contribution in [0.25, 0.3) is 22.3 Å². The van der Waals surface area contributed by atoms with Gasteiger partial charge in [-0.1, -0.05) is 66.2 Å². The lowest BCUT2D eigenvalue weighted by molar-refractivity contribution is 0.598. The number of benzene rings is 3. The molecular weight excluding hydrogens is 306 g/mol. The molecule has 0 saturated carbocycles. The van der Waals surface area contributed by atoms with Gasteiger partial charge < -0.3 is 0 Å². The molecule has 0 bridgehead atoms. The molecule has 0 aliphatic heterocycles. The maximum absolute atomic E-state index is 11.4. The van der Waals surface area contributed by atoms with Crippen LogP contribution in [0.15, 0.2) is 77.7 Å². The summed E-state index contributed by atoms with van der Waals surface area (Å²) >= 11 is 0. The van der Waals surface area contributed by atoms with E-state index in [2.05, 4.69) is 37.3 Å². The normalized spacial score (nSPS) is 11.4. The fourth-order valence-electron chi connectivity index (χ4n) is 2.54. The second-order valence-electron chi connectivity index (χ2n) is 5.48. The van der Waals surface area contributed by atoms with Crippen molar-refractivity contribution in [1.82, 2.24) is 0 Å². The van der Waals surface area contributed by atoms with Crippen molar-refractivity contribution in [3.63, 3.8) is 0 Å². The van der Waals surface area contributed by atoms with Gasteiger partial charge in [-0.25, -0.2) is 13.6 Å². The number of nitrogens with two attached hydrogens (primary N) is 1. The monoisotopic (exact) mass is 323 g/mol. The largest absolute Gasteiger partial charge is 0.238 e. The number of sulfonamides is 1. The Morgan fingerprint density at radius 3 is 1.57 bits per heavy atom. The van der Waals surface area contributed by atoms with E-state index in [0.717, 1.165) is 22.3 Å². The zero-order valence-corrected chi connectivity index (χ0v) is 13.5. The Kier molecular flexibility index (Phi) is 4.03. The average molecular weight is 323 g/mol. The highest BCUT2D eigenvalue weighted by atomic mass is 32.2. The first-order valence-electron chi connectivity index (χ1n) is 7.24. The molecule has 0 radical (unpaired) electrons. The van der Waals surface area contributed by atoms with E-state index in [1.54, 1.807) is 12.1 Å². The van der Waals surface area contributed by atoms with Crippen LogP contribution in [0.3, 0.4) is 0 Å². The van der Waals surface area contributed by atoms with Crippen LogP contribution in [0.1, 0.15) is 5.56 Å². The first kappa shape index (κ1) is 15.5. The molecule has 0 saturated heterocycles. The average Bonchev–Trinajstić information content (AvgIpc) is 2.55. The molecule has 0 fully saturated rings. The summed E-state index contributed by atoms with van der Waals surface area (Å²) in [7, 11) is -3.67. The minimum atomic E-state index is -3.67. The third-order valence-corrected chi connectivity index (χ3v) is 4.71. The van der Waals surface area contributed by atoms with Gasteiger partial charge in [0.05, 0.1) is 4.90 Å². The molecule has 23 heavy (non-hydrogen) atoms. The van der Waals surface area contributed by atoms with Gasteiger partial charge in [0, 0.05) is 0 Å².